The van der Waals surface area contributed by atoms with Crippen molar-refractivity contribution in [1.82, 2.24) is 9.97 Å². The van der Waals surface area contributed by atoms with Gasteiger partial charge in [-0.3, -0.25) is 4.79 Å². The smallest absolute Gasteiger partial charge is 0.303 e. The first-order chi connectivity index (χ1) is 12.7. The molecule has 0 bridgehead atoms. The Morgan fingerprint density at radius 3 is 2.69 bits per heavy atom. The number of aryl methyl sites for hydroxylation is 1. The number of aliphatic carboxylic acids is 1. The van der Waals surface area contributed by atoms with Crippen LogP contribution in [0.5, 0.6) is 0 Å². The van der Waals surface area contributed by atoms with Crippen LogP contribution in [0.3, 0.4) is 0 Å². The number of benzene rings is 1. The Labute approximate surface area is 157 Å². The summed E-state index contributed by atoms with van der Waals surface area (Å²) in [6.07, 6.45) is 3.74. The van der Waals surface area contributed by atoms with E-state index in [9.17, 15) is 4.79 Å². The Morgan fingerprint density at radius 1 is 1.15 bits per heavy atom. The highest BCUT2D eigenvalue weighted by atomic mass is 32.1. The maximum atomic E-state index is 10.6. The molecule has 2 N–H and O–H groups in total. The molecule has 1 aromatic carbocycles. The zero-order chi connectivity index (χ0) is 18.4. The summed E-state index contributed by atoms with van der Waals surface area (Å²) >= 11 is 1.71. The minimum absolute atomic E-state index is 0.236. The molecule has 5 nitrogen and oxygen atoms in total. The molecule has 0 radical (unpaired) electrons. The van der Waals surface area contributed by atoms with Crippen LogP contribution in [0.2, 0.25) is 0 Å². The van der Waals surface area contributed by atoms with Crippen LogP contribution in [0.1, 0.15) is 37.5 Å². The van der Waals surface area contributed by atoms with E-state index in [1.54, 1.807) is 11.3 Å². The van der Waals surface area contributed by atoms with Gasteiger partial charge in [-0.25, -0.2) is 9.97 Å². The molecule has 0 fully saturated rings. The van der Waals surface area contributed by atoms with Crippen molar-refractivity contribution in [3.8, 4) is 11.4 Å². The lowest BCUT2D eigenvalue weighted by atomic mass is 10.2. The van der Waals surface area contributed by atoms with E-state index in [4.69, 9.17) is 15.1 Å². The molecule has 3 rings (SSSR count). The fourth-order valence-corrected chi connectivity index (χ4v) is 3.75. The van der Waals surface area contributed by atoms with Gasteiger partial charge in [-0.1, -0.05) is 43.7 Å². The second-order valence-corrected chi connectivity index (χ2v) is 7.29. The third kappa shape index (κ3) is 4.58. The van der Waals surface area contributed by atoms with E-state index in [0.29, 0.717) is 6.42 Å². The summed E-state index contributed by atoms with van der Waals surface area (Å²) in [6.45, 7) is 2.92. The number of rotatable bonds is 9. The number of anilines is 1. The number of aromatic nitrogens is 2. The monoisotopic (exact) mass is 369 g/mol. The minimum atomic E-state index is -0.728. The highest BCUT2D eigenvalue weighted by molar-refractivity contribution is 7.18. The fraction of sp³-hybridized carbons (Fsp3) is 0.350. The summed E-state index contributed by atoms with van der Waals surface area (Å²) in [5.74, 6) is 0.868. The van der Waals surface area contributed by atoms with Gasteiger partial charge in [0.1, 0.15) is 10.6 Å². The lowest BCUT2D eigenvalue weighted by Crippen LogP contribution is -2.05. The lowest BCUT2D eigenvalue weighted by molar-refractivity contribution is -0.137. The third-order valence-corrected chi connectivity index (χ3v) is 5.36. The van der Waals surface area contributed by atoms with E-state index < -0.39 is 5.97 Å². The molecule has 0 saturated heterocycles. The molecule has 6 heteroatoms. The van der Waals surface area contributed by atoms with Gasteiger partial charge >= 0.3 is 5.97 Å². The highest BCUT2D eigenvalue weighted by Gasteiger charge is 2.12. The van der Waals surface area contributed by atoms with Gasteiger partial charge in [0.05, 0.1) is 5.39 Å². The molecule has 2 heterocycles. The summed E-state index contributed by atoms with van der Waals surface area (Å²) in [5, 5.41) is 13.2. The molecule has 0 aliphatic rings. The molecule has 0 unspecified atom stereocenters. The summed E-state index contributed by atoms with van der Waals surface area (Å²) in [6, 6.07) is 12.2. The van der Waals surface area contributed by atoms with Gasteiger partial charge < -0.3 is 10.4 Å². The van der Waals surface area contributed by atoms with Gasteiger partial charge in [-0.15, -0.1) is 11.3 Å². The van der Waals surface area contributed by atoms with Crippen molar-refractivity contribution >= 4 is 33.3 Å². The average molecular weight is 369 g/mol. The van der Waals surface area contributed by atoms with Crippen LogP contribution in [0.15, 0.2) is 36.4 Å². The molecule has 136 valence electrons. The molecule has 0 atom stereocenters. The maximum absolute atomic E-state index is 10.6. The molecule has 0 saturated carbocycles. The SMILES string of the molecule is CCc1cc2c(NCCCCCC(=O)O)nc(-c3ccccc3)nc2s1. The van der Waals surface area contributed by atoms with Crippen LogP contribution in [0, 0.1) is 0 Å². The van der Waals surface area contributed by atoms with Crippen LogP contribution in [-0.2, 0) is 11.2 Å². The van der Waals surface area contributed by atoms with E-state index in [0.717, 1.165) is 53.2 Å². The van der Waals surface area contributed by atoms with Crippen molar-refractivity contribution in [2.75, 3.05) is 11.9 Å². The Bertz CT molecular complexity index is 877. The predicted octanol–water partition coefficient (Wildman–Crippen LogP) is 4.98. The molecule has 2 aromatic heterocycles. The number of carboxylic acids is 1. The second-order valence-electron chi connectivity index (χ2n) is 6.18. The number of nitrogens with one attached hydrogen (secondary N) is 1. The van der Waals surface area contributed by atoms with E-state index >= 15 is 0 Å². The normalized spacial score (nSPS) is 11.0. The average Bonchev–Trinajstić information content (AvgIpc) is 3.08. The van der Waals surface area contributed by atoms with Crippen LogP contribution in [0.4, 0.5) is 5.82 Å². The zero-order valence-electron chi connectivity index (χ0n) is 14.9. The first-order valence-corrected chi connectivity index (χ1v) is 9.80. The number of thiophene rings is 1. The first kappa shape index (κ1) is 18.3. The standard InChI is InChI=1S/C20H23N3O2S/c1-2-15-13-16-19(21-12-8-4-7-11-17(24)25)22-18(23-20(16)26-15)14-9-5-3-6-10-14/h3,5-6,9-10,13H,2,4,7-8,11-12H2,1H3,(H,24,25)(H,21,22,23). The van der Waals surface area contributed by atoms with Crippen molar-refractivity contribution < 1.29 is 9.90 Å². The fourth-order valence-electron chi connectivity index (χ4n) is 2.78. The first-order valence-electron chi connectivity index (χ1n) is 8.99. The Hall–Kier alpha value is -2.47. The highest BCUT2D eigenvalue weighted by Crippen LogP contribution is 2.31. The summed E-state index contributed by atoms with van der Waals surface area (Å²) in [5.41, 5.74) is 1.00. The molecular formula is C20H23N3O2S. The molecule has 26 heavy (non-hydrogen) atoms. The molecule has 0 aliphatic carbocycles. The Kier molecular flexibility index (Phi) is 6.17. The number of carbonyl (C=O) groups is 1. The van der Waals surface area contributed by atoms with E-state index in [1.807, 2.05) is 30.3 Å². The van der Waals surface area contributed by atoms with Crippen molar-refractivity contribution in [2.24, 2.45) is 0 Å². The summed E-state index contributed by atoms with van der Waals surface area (Å²) in [4.78, 5) is 22.4. The van der Waals surface area contributed by atoms with Crippen LogP contribution >= 0.6 is 11.3 Å². The number of hydrogen-bond donors (Lipinski definition) is 2. The molecular weight excluding hydrogens is 346 g/mol. The van der Waals surface area contributed by atoms with Gasteiger partial charge in [-0.05, 0) is 25.3 Å². The number of fused-ring (bicyclic) bond motifs is 1. The summed E-state index contributed by atoms with van der Waals surface area (Å²) in [7, 11) is 0. The number of unbranched alkanes of at least 4 members (excludes halogenated alkanes) is 2. The van der Waals surface area contributed by atoms with Gasteiger partial charge in [-0.2, -0.15) is 0 Å². The topological polar surface area (TPSA) is 75.1 Å². The van der Waals surface area contributed by atoms with Gasteiger partial charge in [0.15, 0.2) is 5.82 Å². The molecule has 0 amide bonds. The zero-order valence-corrected chi connectivity index (χ0v) is 15.7. The van der Waals surface area contributed by atoms with Crippen molar-refractivity contribution in [3.05, 3.63) is 41.3 Å². The van der Waals surface area contributed by atoms with Crippen molar-refractivity contribution in [3.63, 3.8) is 0 Å². The van der Waals surface area contributed by atoms with E-state index in [-0.39, 0.29) is 6.42 Å². The van der Waals surface area contributed by atoms with Crippen LogP contribution in [-0.4, -0.2) is 27.6 Å². The lowest BCUT2D eigenvalue weighted by Gasteiger charge is -2.09. The minimum Gasteiger partial charge on any atom is -0.481 e. The number of hydrogen-bond acceptors (Lipinski definition) is 5. The van der Waals surface area contributed by atoms with Crippen molar-refractivity contribution in [1.29, 1.82) is 0 Å². The van der Waals surface area contributed by atoms with E-state index in [1.165, 1.54) is 4.88 Å². The Balaban J connectivity index is 1.78. The maximum Gasteiger partial charge on any atom is 0.303 e. The van der Waals surface area contributed by atoms with Crippen molar-refractivity contribution in [2.45, 2.75) is 39.0 Å². The van der Waals surface area contributed by atoms with Gasteiger partial charge in [0.2, 0.25) is 0 Å². The molecule has 0 spiro atoms. The number of carboxylic acid groups (broad SMARTS) is 1. The largest absolute Gasteiger partial charge is 0.481 e. The summed E-state index contributed by atoms with van der Waals surface area (Å²) < 4.78 is 0. The number of nitrogens with zero attached hydrogens (tertiary/aromatic N) is 2. The third-order valence-electron chi connectivity index (χ3n) is 4.18. The second kappa shape index (κ2) is 8.76. The quantitative estimate of drug-likeness (QED) is 0.520. The van der Waals surface area contributed by atoms with Crippen LogP contribution in [0.25, 0.3) is 21.6 Å². The van der Waals surface area contributed by atoms with E-state index in [2.05, 4.69) is 18.3 Å². The molecule has 3 aromatic rings. The molecule has 0 aliphatic heterocycles. The van der Waals surface area contributed by atoms with Gasteiger partial charge in [0, 0.05) is 23.4 Å². The Morgan fingerprint density at radius 2 is 1.96 bits per heavy atom. The van der Waals surface area contributed by atoms with Crippen LogP contribution < -0.4 is 5.32 Å². The van der Waals surface area contributed by atoms with Gasteiger partial charge in [0.25, 0.3) is 0 Å². The predicted molar refractivity (Wildman–Crippen MR) is 107 cm³/mol.